The number of aryl methyl sites for hydroxylation is 2. The van der Waals surface area contributed by atoms with Crippen molar-refractivity contribution >= 4 is 58.0 Å². The van der Waals surface area contributed by atoms with Gasteiger partial charge in [-0.05, 0) is 48.9 Å². The van der Waals surface area contributed by atoms with Gasteiger partial charge in [0, 0.05) is 0 Å². The van der Waals surface area contributed by atoms with Crippen molar-refractivity contribution in [3.63, 3.8) is 0 Å². The summed E-state index contributed by atoms with van der Waals surface area (Å²) in [7, 11) is -8.73. The number of unbranched alkanes of at least 4 members (excludes halogenated alkanes) is 64. The van der Waals surface area contributed by atoms with Crippen LogP contribution in [0.15, 0.2) is 58.3 Å². The summed E-state index contributed by atoms with van der Waals surface area (Å²) >= 11 is 0. The maximum atomic E-state index is 11.4. The van der Waals surface area contributed by atoms with E-state index >= 15 is 0 Å². The Kier molecular flexibility index (Phi) is 70.5. The second-order valence-corrected chi connectivity index (χ2v) is 30.9. The fraction of sp³-hybridized carbons (Fsp3) is 0.854. The first kappa shape index (κ1) is 90.5. The van der Waals surface area contributed by atoms with Crippen LogP contribution < -0.4 is 0 Å². The Morgan fingerprint density at radius 1 is 0.209 bits per heavy atom. The zero-order chi connectivity index (χ0) is 65.0. The molecule has 0 N–H and O–H groups in total. The SMILES string of the molecule is CCCCCCCCCCCCCCCCCCCCCCCCCCCCCCCCCCCc1ccccc1S(=O)(=O)[O-].CCCCCCCCCCCCCCCCCCCCCCCCCCCCCCCCCCCc1ccccc1S(=O)(=O)[O-].[Ca+2]. The van der Waals surface area contributed by atoms with Crippen LogP contribution in [-0.4, -0.2) is 63.7 Å². The van der Waals surface area contributed by atoms with Crippen molar-refractivity contribution in [3.8, 4) is 0 Å². The van der Waals surface area contributed by atoms with Crippen LogP contribution in [0.4, 0.5) is 0 Å². The van der Waals surface area contributed by atoms with Gasteiger partial charge in [0.2, 0.25) is 0 Å². The van der Waals surface area contributed by atoms with Crippen LogP contribution in [0.2, 0.25) is 0 Å². The van der Waals surface area contributed by atoms with Crippen molar-refractivity contribution in [1.82, 2.24) is 0 Å². The van der Waals surface area contributed by atoms with Crippen LogP contribution in [0, 0.1) is 0 Å². The van der Waals surface area contributed by atoms with Gasteiger partial charge < -0.3 is 9.11 Å². The standard InChI is InChI=1S/2C41H76O3S.Ca/c2*1-2-3-4-5-6-7-8-9-10-11-12-13-14-15-16-17-18-19-20-21-22-23-24-25-26-27-28-29-30-31-32-33-34-37-40-38-35-36-39-41(40)45(42,43)44;/h2*35-36,38-39H,2-34,37H2,1H3,(H,42,43,44);/q;;+2/p-2. The van der Waals surface area contributed by atoms with E-state index in [0.29, 0.717) is 24.0 Å². The molecule has 0 saturated heterocycles. The van der Waals surface area contributed by atoms with E-state index in [9.17, 15) is 25.9 Å². The van der Waals surface area contributed by atoms with Crippen LogP contribution >= 0.6 is 0 Å². The normalized spacial score (nSPS) is 11.7. The van der Waals surface area contributed by atoms with Crippen LogP contribution in [-0.2, 0) is 33.1 Å². The monoisotopic (exact) mass is 1340 g/mol. The Hall–Kier alpha value is -0.480. The summed E-state index contributed by atoms with van der Waals surface area (Å²) in [6, 6.07) is 13.3. The van der Waals surface area contributed by atoms with E-state index in [2.05, 4.69) is 13.8 Å². The van der Waals surface area contributed by atoms with Crippen LogP contribution in [0.3, 0.4) is 0 Å². The Labute approximate surface area is 598 Å². The predicted molar refractivity (Wildman–Crippen MR) is 398 cm³/mol. The maximum Gasteiger partial charge on any atom is 2.00 e. The van der Waals surface area contributed by atoms with Crippen molar-refractivity contribution < 1.29 is 25.9 Å². The van der Waals surface area contributed by atoms with E-state index in [-0.39, 0.29) is 47.5 Å². The summed E-state index contributed by atoms with van der Waals surface area (Å²) < 4.78 is 68.3. The quantitative estimate of drug-likeness (QED) is 0.0370. The van der Waals surface area contributed by atoms with Gasteiger partial charge in [0.25, 0.3) is 0 Å². The Morgan fingerprint density at radius 2 is 0.330 bits per heavy atom. The van der Waals surface area contributed by atoms with Gasteiger partial charge in [-0.3, -0.25) is 0 Å². The van der Waals surface area contributed by atoms with Crippen molar-refractivity contribution in [1.29, 1.82) is 0 Å². The zero-order valence-electron chi connectivity index (χ0n) is 60.7. The molecule has 0 aliphatic carbocycles. The molecule has 0 aliphatic rings. The van der Waals surface area contributed by atoms with Gasteiger partial charge in [-0.15, -0.1) is 0 Å². The minimum absolute atomic E-state index is 0. The Bertz CT molecular complexity index is 1850. The molecule has 91 heavy (non-hydrogen) atoms. The molecule has 2 aromatic carbocycles. The van der Waals surface area contributed by atoms with Gasteiger partial charge in [0.15, 0.2) is 0 Å². The average Bonchev–Trinajstić information content (AvgIpc) is 2.39. The molecule has 0 aliphatic heterocycles. The zero-order valence-corrected chi connectivity index (χ0v) is 64.5. The molecule has 9 heteroatoms. The summed E-state index contributed by atoms with van der Waals surface area (Å²) in [5.74, 6) is 0. The summed E-state index contributed by atoms with van der Waals surface area (Å²) in [4.78, 5) is -0.0817. The van der Waals surface area contributed by atoms with Gasteiger partial charge >= 0.3 is 37.7 Å². The topological polar surface area (TPSA) is 114 Å². The largest absolute Gasteiger partial charge is 2.00 e. The molecule has 0 saturated carbocycles. The minimum atomic E-state index is -4.37. The maximum absolute atomic E-state index is 11.4. The van der Waals surface area contributed by atoms with Crippen molar-refractivity contribution in [2.24, 2.45) is 0 Å². The predicted octanol–water partition coefficient (Wildman–Crippen LogP) is 27.7. The van der Waals surface area contributed by atoms with Gasteiger partial charge in [0.05, 0.1) is 9.79 Å². The molecular weight excluding hydrogens is 1190 g/mol. The number of rotatable bonds is 70. The Morgan fingerprint density at radius 3 is 0.462 bits per heavy atom. The first-order chi connectivity index (χ1) is 44.1. The molecule has 528 valence electrons. The van der Waals surface area contributed by atoms with E-state index in [1.54, 1.807) is 24.3 Å². The first-order valence-corrected chi connectivity index (χ1v) is 43.0. The second-order valence-electron chi connectivity index (χ2n) is 28.3. The van der Waals surface area contributed by atoms with E-state index in [1.807, 2.05) is 12.1 Å². The molecule has 0 heterocycles. The Balaban J connectivity index is 0.00000176. The number of hydrogen-bond acceptors (Lipinski definition) is 6. The van der Waals surface area contributed by atoms with E-state index in [0.717, 1.165) is 25.7 Å². The van der Waals surface area contributed by atoms with E-state index in [4.69, 9.17) is 0 Å². The summed E-state index contributed by atoms with van der Waals surface area (Å²) in [5, 5.41) is 0. The fourth-order valence-corrected chi connectivity index (χ4v) is 15.1. The molecule has 0 unspecified atom stereocenters. The third-order valence-electron chi connectivity index (χ3n) is 19.6. The third kappa shape index (κ3) is 64.0. The smallest absolute Gasteiger partial charge is 0.744 e. The molecule has 2 aromatic rings. The molecule has 0 spiro atoms. The number of hydrogen-bond donors (Lipinski definition) is 0. The summed E-state index contributed by atoms with van der Waals surface area (Å²) in [6.45, 7) is 4.60. The molecule has 0 aromatic heterocycles. The van der Waals surface area contributed by atoms with E-state index < -0.39 is 20.2 Å². The van der Waals surface area contributed by atoms with Crippen molar-refractivity contribution in [2.45, 2.75) is 460 Å². The molecule has 0 bridgehead atoms. The summed E-state index contributed by atoms with van der Waals surface area (Å²) in [5.41, 5.74) is 1.35. The van der Waals surface area contributed by atoms with Crippen LogP contribution in [0.25, 0.3) is 0 Å². The van der Waals surface area contributed by atoms with E-state index in [1.165, 1.54) is 410 Å². The van der Waals surface area contributed by atoms with Gasteiger partial charge in [-0.1, -0.05) is 461 Å². The molecule has 0 atom stereocenters. The summed E-state index contributed by atoms with van der Waals surface area (Å²) in [6.07, 6.45) is 93.8. The van der Waals surface area contributed by atoms with Crippen molar-refractivity contribution in [3.05, 3.63) is 59.7 Å². The second kappa shape index (κ2) is 70.8. The van der Waals surface area contributed by atoms with Gasteiger partial charge in [0.1, 0.15) is 20.2 Å². The van der Waals surface area contributed by atoms with Crippen LogP contribution in [0.1, 0.15) is 449 Å². The minimum Gasteiger partial charge on any atom is -0.744 e. The molecular formula is C82H150CaO6S2. The molecule has 6 nitrogen and oxygen atoms in total. The first-order valence-electron chi connectivity index (χ1n) is 40.2. The fourth-order valence-electron chi connectivity index (χ4n) is 13.6. The van der Waals surface area contributed by atoms with Crippen LogP contribution in [0.5, 0.6) is 0 Å². The molecule has 2 rings (SSSR count). The van der Waals surface area contributed by atoms with Gasteiger partial charge in [-0.2, -0.15) is 0 Å². The number of benzene rings is 2. The van der Waals surface area contributed by atoms with Crippen molar-refractivity contribution in [2.75, 3.05) is 0 Å². The average molecular weight is 1340 g/mol. The molecule has 0 fully saturated rings. The molecule has 0 amide bonds. The molecule has 0 radical (unpaired) electrons. The third-order valence-corrected chi connectivity index (χ3v) is 21.5. The van der Waals surface area contributed by atoms with Gasteiger partial charge in [-0.25, -0.2) is 16.8 Å².